The van der Waals surface area contributed by atoms with Gasteiger partial charge in [0.25, 0.3) is 0 Å². The van der Waals surface area contributed by atoms with Gasteiger partial charge >= 0.3 is 0 Å². The first-order chi connectivity index (χ1) is 6.15. The summed E-state index contributed by atoms with van der Waals surface area (Å²) in [5, 5.41) is 0. The van der Waals surface area contributed by atoms with Crippen molar-refractivity contribution in [2.24, 2.45) is 0 Å². The molecule has 13 heavy (non-hydrogen) atoms. The Morgan fingerprint density at radius 1 is 1.31 bits per heavy atom. The van der Waals surface area contributed by atoms with Crippen LogP contribution in [0.2, 0.25) is 0 Å². The summed E-state index contributed by atoms with van der Waals surface area (Å²) < 4.78 is 22.4. The molecule has 0 radical (unpaired) electrons. The molecule has 1 aromatic rings. The van der Waals surface area contributed by atoms with Crippen molar-refractivity contribution >= 4 is 22.7 Å². The monoisotopic (exact) mass is 197 g/mol. The van der Waals surface area contributed by atoms with Crippen LogP contribution in [0.3, 0.4) is 0 Å². The lowest BCUT2D eigenvalue weighted by molar-refractivity contribution is 0.613. The molecule has 0 amide bonds. The first-order valence-corrected chi connectivity index (χ1v) is 4.88. The Kier molecular flexibility index (Phi) is 3.08. The fourth-order valence-electron chi connectivity index (χ4n) is 0.920. The highest BCUT2D eigenvalue weighted by Crippen LogP contribution is 2.13. The van der Waals surface area contributed by atoms with Crippen LogP contribution in [0.15, 0.2) is 30.8 Å². The van der Waals surface area contributed by atoms with E-state index in [9.17, 15) is 8.42 Å². The standard InChI is InChI=1S/C9H11NO2S/c1-3-8-4-6-9(7-5-8)10(2)13(11)12/h3-7,13H,1H2,2H3. The number of thiol groups is 1. The molecule has 70 valence electrons. The minimum atomic E-state index is -2.54. The number of nitrogens with zero attached hydrogens (tertiary/aromatic N) is 1. The second kappa shape index (κ2) is 4.09. The number of benzene rings is 1. The summed E-state index contributed by atoms with van der Waals surface area (Å²) in [4.78, 5) is 0. The van der Waals surface area contributed by atoms with Crippen molar-refractivity contribution in [3.8, 4) is 0 Å². The normalized spacial score (nSPS) is 10.0. The van der Waals surface area contributed by atoms with Crippen LogP contribution in [0.4, 0.5) is 5.69 Å². The third-order valence-corrected chi connectivity index (χ3v) is 2.47. The Morgan fingerprint density at radius 2 is 1.85 bits per heavy atom. The highest BCUT2D eigenvalue weighted by atomic mass is 32.2. The largest absolute Gasteiger partial charge is 0.275 e. The first-order valence-electron chi connectivity index (χ1n) is 3.75. The Labute approximate surface area is 79.4 Å². The molecule has 0 saturated carbocycles. The molecule has 1 aromatic carbocycles. The van der Waals surface area contributed by atoms with Crippen molar-refractivity contribution in [1.82, 2.24) is 0 Å². The van der Waals surface area contributed by atoms with E-state index >= 15 is 0 Å². The van der Waals surface area contributed by atoms with E-state index in [-0.39, 0.29) is 0 Å². The second-order valence-electron chi connectivity index (χ2n) is 2.56. The van der Waals surface area contributed by atoms with Crippen molar-refractivity contribution in [3.05, 3.63) is 36.4 Å². The molecule has 0 saturated heterocycles. The third kappa shape index (κ3) is 2.32. The summed E-state index contributed by atoms with van der Waals surface area (Å²) in [5.74, 6) is 0. The maximum Gasteiger partial charge on any atom is 0.224 e. The van der Waals surface area contributed by atoms with Crippen molar-refractivity contribution < 1.29 is 8.42 Å². The van der Waals surface area contributed by atoms with Crippen LogP contribution in [-0.4, -0.2) is 15.5 Å². The first kappa shape index (κ1) is 9.80. The fourth-order valence-corrected chi connectivity index (χ4v) is 1.24. The second-order valence-corrected chi connectivity index (χ2v) is 3.63. The quantitative estimate of drug-likeness (QED) is 0.741. The lowest BCUT2D eigenvalue weighted by Gasteiger charge is -2.10. The van der Waals surface area contributed by atoms with E-state index in [1.54, 1.807) is 18.2 Å². The summed E-state index contributed by atoms with van der Waals surface area (Å²) >= 11 is 0. The molecule has 4 heteroatoms. The van der Waals surface area contributed by atoms with Crippen LogP contribution < -0.4 is 4.31 Å². The van der Waals surface area contributed by atoms with Crippen LogP contribution in [0.1, 0.15) is 5.56 Å². The molecule has 0 N–H and O–H groups in total. The minimum absolute atomic E-state index is 0.654. The van der Waals surface area contributed by atoms with Crippen LogP contribution in [0, 0.1) is 0 Å². The van der Waals surface area contributed by atoms with E-state index in [0.29, 0.717) is 5.69 Å². The molecule has 0 aliphatic heterocycles. The van der Waals surface area contributed by atoms with E-state index in [1.165, 1.54) is 11.4 Å². The molecule has 0 atom stereocenters. The Bertz CT molecular complexity index is 360. The Hall–Kier alpha value is -1.29. The molecular formula is C9H11NO2S. The van der Waals surface area contributed by atoms with Crippen LogP contribution >= 0.6 is 0 Å². The highest BCUT2D eigenvalue weighted by Gasteiger charge is 2.00. The topological polar surface area (TPSA) is 37.4 Å². The summed E-state index contributed by atoms with van der Waals surface area (Å²) in [6.45, 7) is 3.61. The number of rotatable bonds is 3. The molecule has 0 aliphatic rings. The predicted octanol–water partition coefficient (Wildman–Crippen LogP) is 1.29. The van der Waals surface area contributed by atoms with Gasteiger partial charge in [-0.2, -0.15) is 0 Å². The van der Waals surface area contributed by atoms with Crippen molar-refractivity contribution in [2.45, 2.75) is 0 Å². The predicted molar refractivity (Wildman–Crippen MR) is 55.3 cm³/mol. The van der Waals surface area contributed by atoms with Crippen molar-refractivity contribution in [3.63, 3.8) is 0 Å². The summed E-state index contributed by atoms with van der Waals surface area (Å²) in [6, 6.07) is 7.11. The molecule has 0 fully saturated rings. The van der Waals surface area contributed by atoms with Gasteiger partial charge in [0.05, 0.1) is 5.69 Å². The molecule has 3 nitrogen and oxygen atoms in total. The molecule has 0 bridgehead atoms. The molecule has 0 aliphatic carbocycles. The van der Waals surface area contributed by atoms with Gasteiger partial charge in [0.2, 0.25) is 10.9 Å². The molecular weight excluding hydrogens is 186 g/mol. The van der Waals surface area contributed by atoms with E-state index in [2.05, 4.69) is 6.58 Å². The fraction of sp³-hybridized carbons (Fsp3) is 0.111. The summed E-state index contributed by atoms with van der Waals surface area (Å²) in [6.07, 6.45) is 1.71. The van der Waals surface area contributed by atoms with Crippen molar-refractivity contribution in [1.29, 1.82) is 0 Å². The SMILES string of the molecule is C=Cc1ccc(N(C)[SH](=O)=O)cc1. The van der Waals surface area contributed by atoms with E-state index in [4.69, 9.17) is 0 Å². The number of anilines is 1. The van der Waals surface area contributed by atoms with Crippen LogP contribution in [-0.2, 0) is 10.9 Å². The average molecular weight is 197 g/mol. The van der Waals surface area contributed by atoms with Gasteiger partial charge in [-0.1, -0.05) is 24.8 Å². The zero-order chi connectivity index (χ0) is 9.84. The average Bonchev–Trinajstić information content (AvgIpc) is 2.17. The van der Waals surface area contributed by atoms with Gasteiger partial charge in [0.15, 0.2) is 0 Å². The third-order valence-electron chi connectivity index (χ3n) is 1.75. The molecule has 0 heterocycles. The minimum Gasteiger partial charge on any atom is -0.275 e. The Balaban J connectivity index is 2.98. The number of hydrogen-bond acceptors (Lipinski definition) is 2. The maximum absolute atomic E-state index is 10.6. The molecule has 1 rings (SSSR count). The molecule has 0 unspecified atom stereocenters. The molecule has 0 aromatic heterocycles. The van der Waals surface area contributed by atoms with Gasteiger partial charge in [-0.15, -0.1) is 0 Å². The number of hydrogen-bond donors (Lipinski definition) is 1. The van der Waals surface area contributed by atoms with Crippen molar-refractivity contribution in [2.75, 3.05) is 11.4 Å². The lowest BCUT2D eigenvalue weighted by atomic mass is 10.2. The Morgan fingerprint density at radius 3 is 2.23 bits per heavy atom. The summed E-state index contributed by atoms with van der Waals surface area (Å²) in [7, 11) is -1.04. The van der Waals surface area contributed by atoms with E-state index in [0.717, 1.165) is 5.56 Å². The summed E-state index contributed by atoms with van der Waals surface area (Å²) in [5.41, 5.74) is 1.62. The van der Waals surface area contributed by atoms with Crippen LogP contribution in [0.5, 0.6) is 0 Å². The van der Waals surface area contributed by atoms with Gasteiger partial charge in [-0.05, 0) is 17.7 Å². The van der Waals surface area contributed by atoms with Gasteiger partial charge in [-0.3, -0.25) is 4.31 Å². The zero-order valence-corrected chi connectivity index (χ0v) is 8.20. The van der Waals surface area contributed by atoms with Gasteiger partial charge in [0, 0.05) is 7.05 Å². The van der Waals surface area contributed by atoms with E-state index < -0.39 is 10.9 Å². The van der Waals surface area contributed by atoms with Gasteiger partial charge in [-0.25, -0.2) is 8.42 Å². The van der Waals surface area contributed by atoms with E-state index in [1.807, 2.05) is 12.1 Å². The van der Waals surface area contributed by atoms with Crippen LogP contribution in [0.25, 0.3) is 6.08 Å². The maximum atomic E-state index is 10.6. The smallest absolute Gasteiger partial charge is 0.224 e. The molecule has 0 spiro atoms. The highest BCUT2D eigenvalue weighted by molar-refractivity contribution is 7.74. The lowest BCUT2D eigenvalue weighted by Crippen LogP contribution is -2.13. The van der Waals surface area contributed by atoms with Gasteiger partial charge < -0.3 is 0 Å². The van der Waals surface area contributed by atoms with Gasteiger partial charge in [0.1, 0.15) is 0 Å². The zero-order valence-electron chi connectivity index (χ0n) is 7.30.